The molecule has 0 amide bonds. The van der Waals surface area contributed by atoms with Crippen LogP contribution in [-0.2, 0) is 17.9 Å². The van der Waals surface area contributed by atoms with E-state index in [9.17, 15) is 0 Å². The lowest BCUT2D eigenvalue weighted by Gasteiger charge is -2.20. The molecular formula is C16H12BrClN4O2. The summed E-state index contributed by atoms with van der Waals surface area (Å²) in [5.41, 5.74) is 2.74. The molecule has 24 heavy (non-hydrogen) atoms. The maximum Gasteiger partial charge on any atom is 0.204 e. The highest BCUT2D eigenvalue weighted by atomic mass is 79.9. The predicted molar refractivity (Wildman–Crippen MR) is 91.8 cm³/mol. The zero-order valence-corrected chi connectivity index (χ0v) is 14.8. The number of benzene rings is 2. The van der Waals surface area contributed by atoms with Gasteiger partial charge in [0.05, 0.1) is 13.2 Å². The average Bonchev–Trinajstić information content (AvgIpc) is 3.04. The minimum Gasteiger partial charge on any atom is -0.467 e. The Morgan fingerprint density at radius 2 is 2.04 bits per heavy atom. The molecule has 1 aromatic heterocycles. The zero-order chi connectivity index (χ0) is 16.5. The first-order valence-corrected chi connectivity index (χ1v) is 8.42. The number of halogens is 2. The Kier molecular flexibility index (Phi) is 4.22. The molecule has 0 aliphatic carbocycles. The van der Waals surface area contributed by atoms with Crippen LogP contribution in [0.3, 0.4) is 0 Å². The van der Waals surface area contributed by atoms with Crippen molar-refractivity contribution in [2.75, 3.05) is 6.79 Å². The monoisotopic (exact) mass is 406 g/mol. The summed E-state index contributed by atoms with van der Waals surface area (Å²) in [5.74, 6) is 1.36. The normalized spacial score (nSPS) is 13.4. The molecular weight excluding hydrogens is 396 g/mol. The molecule has 0 saturated heterocycles. The molecule has 0 fully saturated rings. The topological polar surface area (TPSA) is 62.1 Å². The molecule has 2 heterocycles. The number of fused-ring (bicyclic) bond motifs is 1. The van der Waals surface area contributed by atoms with E-state index in [0.717, 1.165) is 26.9 Å². The van der Waals surface area contributed by atoms with Crippen LogP contribution < -0.4 is 4.74 Å². The lowest BCUT2D eigenvalue weighted by molar-refractivity contribution is -0.0171. The molecule has 0 bridgehead atoms. The molecule has 0 radical (unpaired) electrons. The number of aromatic nitrogens is 4. The number of hydrogen-bond donors (Lipinski definition) is 0. The molecule has 0 N–H and O–H groups in total. The molecule has 0 saturated carbocycles. The van der Waals surface area contributed by atoms with Crippen LogP contribution in [0.5, 0.6) is 5.75 Å². The van der Waals surface area contributed by atoms with Gasteiger partial charge in [-0.3, -0.25) is 0 Å². The van der Waals surface area contributed by atoms with E-state index in [1.54, 1.807) is 0 Å². The first-order valence-electron chi connectivity index (χ1n) is 7.24. The highest BCUT2D eigenvalue weighted by Gasteiger charge is 2.17. The molecule has 0 atom stereocenters. The summed E-state index contributed by atoms with van der Waals surface area (Å²) >= 11 is 9.59. The van der Waals surface area contributed by atoms with Crippen LogP contribution in [0.1, 0.15) is 11.1 Å². The van der Waals surface area contributed by atoms with E-state index in [4.69, 9.17) is 21.1 Å². The van der Waals surface area contributed by atoms with Gasteiger partial charge in [-0.25, -0.2) is 0 Å². The molecule has 1 aliphatic heterocycles. The number of hydrogen-bond acceptors (Lipinski definition) is 5. The second-order valence-corrected chi connectivity index (χ2v) is 6.67. The molecule has 2 aromatic carbocycles. The van der Waals surface area contributed by atoms with Gasteiger partial charge in [-0.05, 0) is 41.6 Å². The van der Waals surface area contributed by atoms with Crippen molar-refractivity contribution in [3.05, 3.63) is 57.0 Å². The Morgan fingerprint density at radius 3 is 2.88 bits per heavy atom. The van der Waals surface area contributed by atoms with Crippen molar-refractivity contribution in [1.29, 1.82) is 0 Å². The fourth-order valence-electron chi connectivity index (χ4n) is 2.55. The maximum atomic E-state index is 6.18. The van der Waals surface area contributed by atoms with Crippen LogP contribution >= 0.6 is 27.5 Å². The number of tetrazole rings is 1. The van der Waals surface area contributed by atoms with E-state index < -0.39 is 0 Å². The lowest BCUT2D eigenvalue weighted by atomic mass is 10.1. The van der Waals surface area contributed by atoms with Crippen molar-refractivity contribution >= 4 is 27.5 Å². The number of rotatable bonds is 3. The molecule has 3 aromatic rings. The molecule has 0 unspecified atom stereocenters. The summed E-state index contributed by atoms with van der Waals surface area (Å²) in [6, 6.07) is 11.5. The Labute approximate surface area is 151 Å². The first-order chi connectivity index (χ1) is 11.7. The second kappa shape index (κ2) is 6.51. The predicted octanol–water partition coefficient (Wildman–Crippen LogP) is 3.67. The molecule has 8 heteroatoms. The van der Waals surface area contributed by atoms with Crippen LogP contribution in [0.25, 0.3) is 11.4 Å². The van der Waals surface area contributed by atoms with Crippen LogP contribution in [0.15, 0.2) is 40.9 Å². The summed E-state index contributed by atoms with van der Waals surface area (Å²) in [4.78, 5) is 1.53. The summed E-state index contributed by atoms with van der Waals surface area (Å²) < 4.78 is 11.9. The van der Waals surface area contributed by atoms with Gasteiger partial charge in [0.2, 0.25) is 5.82 Å². The maximum absolute atomic E-state index is 6.18. The third kappa shape index (κ3) is 3.15. The lowest BCUT2D eigenvalue weighted by Crippen LogP contribution is -2.15. The zero-order valence-electron chi connectivity index (χ0n) is 12.4. The number of nitrogens with zero attached hydrogens (tertiary/aromatic N) is 4. The van der Waals surface area contributed by atoms with E-state index in [1.807, 2.05) is 36.4 Å². The van der Waals surface area contributed by atoms with Crippen molar-refractivity contribution in [2.45, 2.75) is 13.2 Å². The van der Waals surface area contributed by atoms with Gasteiger partial charge in [0.1, 0.15) is 5.75 Å². The summed E-state index contributed by atoms with van der Waals surface area (Å²) in [5, 5.41) is 13.3. The van der Waals surface area contributed by atoms with E-state index >= 15 is 0 Å². The fourth-order valence-corrected chi connectivity index (χ4v) is 3.08. The van der Waals surface area contributed by atoms with E-state index in [2.05, 4.69) is 31.3 Å². The van der Waals surface area contributed by atoms with E-state index in [1.165, 1.54) is 4.80 Å². The van der Waals surface area contributed by atoms with Crippen molar-refractivity contribution in [1.82, 2.24) is 20.2 Å². The molecule has 122 valence electrons. The Morgan fingerprint density at radius 1 is 1.21 bits per heavy atom. The van der Waals surface area contributed by atoms with Crippen molar-refractivity contribution in [2.24, 2.45) is 0 Å². The van der Waals surface area contributed by atoms with Gasteiger partial charge in [-0.2, -0.15) is 4.80 Å². The van der Waals surface area contributed by atoms with Gasteiger partial charge < -0.3 is 9.47 Å². The smallest absolute Gasteiger partial charge is 0.204 e. The minimum atomic E-state index is 0.233. The van der Waals surface area contributed by atoms with Crippen LogP contribution in [-0.4, -0.2) is 27.0 Å². The Hall–Kier alpha value is -1.96. The highest BCUT2D eigenvalue weighted by molar-refractivity contribution is 9.10. The largest absolute Gasteiger partial charge is 0.467 e. The Bertz CT molecular complexity index is 882. The van der Waals surface area contributed by atoms with Gasteiger partial charge >= 0.3 is 0 Å². The summed E-state index contributed by atoms with van der Waals surface area (Å²) in [6.45, 7) is 1.14. The van der Waals surface area contributed by atoms with E-state index in [-0.39, 0.29) is 6.79 Å². The third-order valence-corrected chi connectivity index (χ3v) is 4.37. The highest BCUT2D eigenvalue weighted by Crippen LogP contribution is 2.32. The van der Waals surface area contributed by atoms with Crippen LogP contribution in [0.4, 0.5) is 0 Å². The van der Waals surface area contributed by atoms with Gasteiger partial charge in [-0.15, -0.1) is 10.2 Å². The molecule has 0 spiro atoms. The second-order valence-electron chi connectivity index (χ2n) is 5.31. The fraction of sp³-hybridized carbons (Fsp3) is 0.188. The average molecular weight is 408 g/mol. The van der Waals surface area contributed by atoms with Crippen molar-refractivity contribution in [3.8, 4) is 17.1 Å². The molecule has 1 aliphatic rings. The summed E-state index contributed by atoms with van der Waals surface area (Å²) in [7, 11) is 0. The van der Waals surface area contributed by atoms with Crippen molar-refractivity contribution < 1.29 is 9.47 Å². The Balaban J connectivity index is 1.63. The first kappa shape index (κ1) is 15.6. The standard InChI is InChI=1S/C16H12BrClN4O2/c17-13-3-1-10(2-4-13)16-19-21-22(20-16)7-11-5-14(18)6-12-8-23-9-24-15(11)12/h1-6H,7-9H2. The molecule has 6 nitrogen and oxygen atoms in total. The number of ether oxygens (including phenoxy) is 2. The van der Waals surface area contributed by atoms with Gasteiger partial charge in [0, 0.05) is 26.2 Å². The van der Waals surface area contributed by atoms with Crippen LogP contribution in [0, 0.1) is 0 Å². The van der Waals surface area contributed by atoms with Gasteiger partial charge in [-0.1, -0.05) is 27.5 Å². The third-order valence-electron chi connectivity index (χ3n) is 3.62. The minimum absolute atomic E-state index is 0.233. The quantitative estimate of drug-likeness (QED) is 0.663. The van der Waals surface area contributed by atoms with Gasteiger partial charge in [0.15, 0.2) is 6.79 Å². The summed E-state index contributed by atoms with van der Waals surface area (Å²) in [6.07, 6.45) is 0. The van der Waals surface area contributed by atoms with Crippen LogP contribution in [0.2, 0.25) is 5.02 Å². The molecule has 4 rings (SSSR count). The van der Waals surface area contributed by atoms with Crippen molar-refractivity contribution in [3.63, 3.8) is 0 Å². The van der Waals surface area contributed by atoms with E-state index in [0.29, 0.717) is 24.0 Å². The van der Waals surface area contributed by atoms with Gasteiger partial charge in [0.25, 0.3) is 0 Å². The SMILES string of the molecule is Clc1cc2c(c(Cn3nnc(-c4ccc(Br)cc4)n3)c1)OCOC2.